The van der Waals surface area contributed by atoms with E-state index in [4.69, 9.17) is 11.6 Å². The lowest BCUT2D eigenvalue weighted by molar-refractivity contribution is -0.137. The molecule has 33 heavy (non-hydrogen) atoms. The van der Waals surface area contributed by atoms with Crippen LogP contribution in [0.4, 0.5) is 18.9 Å². The molecule has 0 saturated heterocycles. The van der Waals surface area contributed by atoms with Gasteiger partial charge in [0.05, 0.1) is 17.8 Å². The molecule has 0 radical (unpaired) electrons. The van der Waals surface area contributed by atoms with Gasteiger partial charge in [-0.3, -0.25) is 14.4 Å². The molecule has 0 aliphatic heterocycles. The molecule has 0 aliphatic rings. The fourth-order valence-corrected chi connectivity index (χ4v) is 3.20. The number of para-hydroxylation sites is 1. The van der Waals surface area contributed by atoms with Crippen molar-refractivity contribution in [2.24, 2.45) is 0 Å². The van der Waals surface area contributed by atoms with Gasteiger partial charge in [0.2, 0.25) is 11.3 Å². The minimum absolute atomic E-state index is 0.0995. The molecule has 0 fully saturated rings. The zero-order chi connectivity index (χ0) is 24.3. The molecule has 0 bridgehead atoms. The zero-order valence-corrected chi connectivity index (χ0v) is 18.2. The van der Waals surface area contributed by atoms with E-state index in [-0.39, 0.29) is 11.4 Å². The highest BCUT2D eigenvalue weighted by Crippen LogP contribution is 2.33. The molecule has 7 nitrogen and oxygen atoms in total. The number of aromatic nitrogens is 2. The molecule has 1 heterocycles. The summed E-state index contributed by atoms with van der Waals surface area (Å²) in [6, 6.07) is 10.6. The summed E-state index contributed by atoms with van der Waals surface area (Å²) >= 11 is 6.00. The van der Waals surface area contributed by atoms with E-state index in [1.165, 1.54) is 25.1 Å². The Hall–Kier alpha value is -3.66. The van der Waals surface area contributed by atoms with E-state index < -0.39 is 41.2 Å². The molecule has 11 heteroatoms. The fourth-order valence-electron chi connectivity index (χ4n) is 3.03. The SMILES string of the molecule is Cc1c(Cl)cccc1NC(=O)CNC(=O)c1nn(-c2ccccc2C(F)(F)F)c(C)cc1=O. The van der Waals surface area contributed by atoms with Crippen molar-refractivity contribution >= 4 is 29.1 Å². The molecule has 1 aromatic heterocycles. The largest absolute Gasteiger partial charge is 0.418 e. The van der Waals surface area contributed by atoms with Gasteiger partial charge in [-0.1, -0.05) is 29.8 Å². The number of aryl methyl sites for hydroxylation is 1. The highest BCUT2D eigenvalue weighted by atomic mass is 35.5. The summed E-state index contributed by atoms with van der Waals surface area (Å²) in [5.41, 5.74) is -1.59. The van der Waals surface area contributed by atoms with Gasteiger partial charge in [0.1, 0.15) is 0 Å². The predicted molar refractivity (Wildman–Crippen MR) is 117 cm³/mol. The first-order valence-corrected chi connectivity index (χ1v) is 9.97. The Morgan fingerprint density at radius 2 is 1.79 bits per heavy atom. The third kappa shape index (κ3) is 5.40. The number of hydrogen-bond acceptors (Lipinski definition) is 4. The maximum Gasteiger partial charge on any atom is 0.418 e. The molecule has 2 N–H and O–H groups in total. The van der Waals surface area contributed by atoms with Crippen molar-refractivity contribution in [3.8, 4) is 5.69 Å². The lowest BCUT2D eigenvalue weighted by Crippen LogP contribution is -2.37. The lowest BCUT2D eigenvalue weighted by Gasteiger charge is -2.16. The second-order valence-electron chi connectivity index (χ2n) is 7.07. The number of alkyl halides is 3. The van der Waals surface area contributed by atoms with Crippen LogP contribution in [-0.2, 0) is 11.0 Å². The molecular formula is C22H18ClF3N4O3. The maximum absolute atomic E-state index is 13.4. The Morgan fingerprint density at radius 1 is 1.09 bits per heavy atom. The predicted octanol–water partition coefficient (Wildman–Crippen LogP) is 3.89. The summed E-state index contributed by atoms with van der Waals surface area (Å²) in [7, 11) is 0. The third-order valence-corrected chi connectivity index (χ3v) is 5.12. The number of nitrogens with zero attached hydrogens (tertiary/aromatic N) is 2. The Labute approximate surface area is 191 Å². The summed E-state index contributed by atoms with van der Waals surface area (Å²) in [6.07, 6.45) is -4.67. The first-order chi connectivity index (χ1) is 15.5. The van der Waals surface area contributed by atoms with Gasteiger partial charge >= 0.3 is 6.18 Å². The van der Waals surface area contributed by atoms with Crippen molar-refractivity contribution in [3.05, 3.63) is 86.3 Å². The number of halogens is 4. The molecule has 3 aromatic rings. The van der Waals surface area contributed by atoms with Gasteiger partial charge in [0.15, 0.2) is 5.69 Å². The van der Waals surface area contributed by atoms with Crippen LogP contribution in [0.1, 0.15) is 27.3 Å². The van der Waals surface area contributed by atoms with Crippen molar-refractivity contribution in [2.75, 3.05) is 11.9 Å². The third-order valence-electron chi connectivity index (χ3n) is 4.71. The van der Waals surface area contributed by atoms with Crippen LogP contribution in [0.2, 0.25) is 5.02 Å². The van der Waals surface area contributed by atoms with Crippen molar-refractivity contribution in [3.63, 3.8) is 0 Å². The monoisotopic (exact) mass is 478 g/mol. The van der Waals surface area contributed by atoms with E-state index in [1.54, 1.807) is 25.1 Å². The number of carbonyl (C=O) groups is 2. The first kappa shape index (κ1) is 24.0. The van der Waals surface area contributed by atoms with Gasteiger partial charge in [-0.2, -0.15) is 18.3 Å². The number of amides is 2. The van der Waals surface area contributed by atoms with E-state index in [1.807, 2.05) is 0 Å². The van der Waals surface area contributed by atoms with Crippen LogP contribution >= 0.6 is 11.6 Å². The average Bonchev–Trinajstić information content (AvgIpc) is 2.75. The summed E-state index contributed by atoms with van der Waals surface area (Å²) in [5, 5.41) is 9.12. The van der Waals surface area contributed by atoms with Crippen molar-refractivity contribution in [1.82, 2.24) is 15.1 Å². The average molecular weight is 479 g/mol. The van der Waals surface area contributed by atoms with Crippen LogP contribution in [0.25, 0.3) is 5.69 Å². The van der Waals surface area contributed by atoms with Gasteiger partial charge in [-0.25, -0.2) is 4.68 Å². The van der Waals surface area contributed by atoms with Gasteiger partial charge < -0.3 is 10.6 Å². The standard InChI is InChI=1S/C22H18ClF3N4O3/c1-12-10-18(31)20(29-30(12)17-9-4-3-6-14(17)22(24,25)26)21(33)27-11-19(32)28-16-8-5-7-15(23)13(16)2/h3-10H,11H2,1-2H3,(H,27,33)(H,28,32). The number of nitrogens with one attached hydrogen (secondary N) is 2. The van der Waals surface area contributed by atoms with E-state index >= 15 is 0 Å². The normalized spacial score (nSPS) is 11.2. The highest BCUT2D eigenvalue weighted by Gasteiger charge is 2.34. The molecule has 2 amide bonds. The Kier molecular flexibility index (Phi) is 6.87. The molecule has 2 aromatic carbocycles. The number of carbonyl (C=O) groups excluding carboxylic acids is 2. The van der Waals surface area contributed by atoms with Gasteiger partial charge in [0, 0.05) is 22.5 Å². The smallest absolute Gasteiger partial charge is 0.341 e. The molecule has 0 spiro atoms. The second-order valence-corrected chi connectivity index (χ2v) is 7.48. The number of hydrogen-bond donors (Lipinski definition) is 2. The van der Waals surface area contributed by atoms with Gasteiger partial charge in [0.25, 0.3) is 5.91 Å². The molecule has 0 aliphatic carbocycles. The number of rotatable bonds is 5. The topological polar surface area (TPSA) is 93.1 Å². The van der Waals surface area contributed by atoms with Gasteiger partial charge in [-0.05, 0) is 43.7 Å². The number of anilines is 1. The van der Waals surface area contributed by atoms with Crippen LogP contribution in [0.5, 0.6) is 0 Å². The molecule has 0 unspecified atom stereocenters. The van der Waals surface area contributed by atoms with E-state index in [2.05, 4.69) is 15.7 Å². The highest BCUT2D eigenvalue weighted by molar-refractivity contribution is 6.31. The minimum Gasteiger partial charge on any atom is -0.341 e. The molecular weight excluding hydrogens is 461 g/mol. The summed E-state index contributed by atoms with van der Waals surface area (Å²) in [4.78, 5) is 37.0. The van der Waals surface area contributed by atoms with Crippen LogP contribution in [-0.4, -0.2) is 28.1 Å². The molecule has 0 atom stereocenters. The second kappa shape index (κ2) is 9.45. The van der Waals surface area contributed by atoms with E-state index in [0.717, 1.165) is 16.8 Å². The molecule has 172 valence electrons. The van der Waals surface area contributed by atoms with Crippen molar-refractivity contribution < 1.29 is 22.8 Å². The Balaban J connectivity index is 1.83. The molecule has 0 saturated carbocycles. The first-order valence-electron chi connectivity index (χ1n) is 9.59. The van der Waals surface area contributed by atoms with Gasteiger partial charge in [-0.15, -0.1) is 0 Å². The van der Waals surface area contributed by atoms with Crippen molar-refractivity contribution in [1.29, 1.82) is 0 Å². The quantitative estimate of drug-likeness (QED) is 0.582. The maximum atomic E-state index is 13.4. The minimum atomic E-state index is -4.67. The van der Waals surface area contributed by atoms with Crippen LogP contribution in [0.15, 0.2) is 53.3 Å². The lowest BCUT2D eigenvalue weighted by atomic mass is 10.1. The molecule has 3 rings (SSSR count). The summed E-state index contributed by atoms with van der Waals surface area (Å²) < 4.78 is 41.1. The van der Waals surface area contributed by atoms with Crippen LogP contribution < -0.4 is 16.1 Å². The number of benzene rings is 2. The summed E-state index contributed by atoms with van der Waals surface area (Å²) in [6.45, 7) is 2.59. The van der Waals surface area contributed by atoms with Crippen molar-refractivity contribution in [2.45, 2.75) is 20.0 Å². The van der Waals surface area contributed by atoms with Crippen LogP contribution in [0.3, 0.4) is 0 Å². The van der Waals surface area contributed by atoms with Crippen LogP contribution in [0, 0.1) is 13.8 Å². The fraction of sp³-hybridized carbons (Fsp3) is 0.182. The zero-order valence-electron chi connectivity index (χ0n) is 17.5. The van der Waals surface area contributed by atoms with E-state index in [0.29, 0.717) is 16.3 Å². The Morgan fingerprint density at radius 3 is 2.48 bits per heavy atom. The summed E-state index contributed by atoms with van der Waals surface area (Å²) in [5.74, 6) is -1.60. The van der Waals surface area contributed by atoms with E-state index in [9.17, 15) is 27.6 Å². The Bertz CT molecular complexity index is 1290.